The van der Waals surface area contributed by atoms with Gasteiger partial charge in [0.25, 0.3) is 5.69 Å². The Morgan fingerprint density at radius 2 is 1.58 bits per heavy atom. The van der Waals surface area contributed by atoms with Crippen molar-refractivity contribution >= 4 is 29.4 Å². The van der Waals surface area contributed by atoms with Crippen LogP contribution in [0.25, 0.3) is 21.9 Å². The van der Waals surface area contributed by atoms with Crippen molar-refractivity contribution in [1.29, 1.82) is 0 Å². The molecular formula is C39H55N5O8. The van der Waals surface area contributed by atoms with Gasteiger partial charge in [-0.1, -0.05) is 93.5 Å². The topological polar surface area (TPSA) is 138 Å². The molecule has 1 aliphatic carbocycles. The number of nitrogens with one attached hydrogen (secondary N) is 1. The molecule has 1 aromatic carbocycles. The van der Waals surface area contributed by atoms with Gasteiger partial charge in [-0.2, -0.15) is 0 Å². The van der Waals surface area contributed by atoms with Gasteiger partial charge in [0.2, 0.25) is 5.88 Å². The third-order valence-electron chi connectivity index (χ3n) is 9.98. The van der Waals surface area contributed by atoms with E-state index < -0.39 is 30.7 Å². The Morgan fingerprint density at radius 1 is 0.981 bits per heavy atom. The number of hydrogen-bond donors (Lipinski definition) is 1. The lowest BCUT2D eigenvalue weighted by Gasteiger charge is -2.50. The van der Waals surface area contributed by atoms with Gasteiger partial charge in [0.05, 0.1) is 33.9 Å². The molecule has 3 aromatic rings. The standard InChI is InChI=1S/C39H55N5O8/c1-23-20-26(38(5,6)7)31(27(21-23)39(8,9)10)51-35(46)29-30(40-11)34(52-36(47)43(18-19-50-49-13)22-28(45)48-12)44-33(29)41-32(42-44)24-14-16-25(17-15-24)37(2,3)4/h14-17,23,26-27,31H,18-22H2,1-10,12-13H3,(H,41,42). The molecule has 1 amide bonds. The number of aromatic nitrogens is 3. The molecule has 1 N–H and O–H groups in total. The largest absolute Gasteiger partial charge is 0.468 e. The molecule has 13 nitrogen and oxygen atoms in total. The van der Waals surface area contributed by atoms with Gasteiger partial charge >= 0.3 is 18.0 Å². The average molecular weight is 722 g/mol. The fourth-order valence-electron chi connectivity index (χ4n) is 7.00. The lowest BCUT2D eigenvalue weighted by molar-refractivity contribution is -0.272. The van der Waals surface area contributed by atoms with E-state index in [-0.39, 0.29) is 64.0 Å². The van der Waals surface area contributed by atoms with E-state index in [0.717, 1.165) is 23.3 Å². The minimum Gasteiger partial charge on any atom is -0.468 e. The van der Waals surface area contributed by atoms with Crippen molar-refractivity contribution in [3.05, 3.63) is 46.8 Å². The molecule has 1 fully saturated rings. The number of amides is 1. The Balaban J connectivity index is 1.86. The maximum atomic E-state index is 14.6. The van der Waals surface area contributed by atoms with E-state index >= 15 is 0 Å². The van der Waals surface area contributed by atoms with Gasteiger partial charge in [0.15, 0.2) is 11.5 Å². The summed E-state index contributed by atoms with van der Waals surface area (Å²) >= 11 is 0. The second-order valence-corrected chi connectivity index (χ2v) is 16.9. The molecule has 2 heterocycles. The number of ether oxygens (including phenoxy) is 3. The predicted molar refractivity (Wildman–Crippen MR) is 196 cm³/mol. The molecule has 2 unspecified atom stereocenters. The fraction of sp³-hybridized carbons (Fsp3) is 0.615. The lowest BCUT2D eigenvalue weighted by atomic mass is 9.59. The van der Waals surface area contributed by atoms with E-state index in [1.54, 1.807) is 0 Å². The second-order valence-electron chi connectivity index (χ2n) is 16.9. The van der Waals surface area contributed by atoms with Gasteiger partial charge < -0.3 is 14.2 Å². The van der Waals surface area contributed by atoms with Crippen LogP contribution in [0.4, 0.5) is 10.5 Å². The number of benzene rings is 1. The van der Waals surface area contributed by atoms with E-state index in [1.165, 1.54) is 18.7 Å². The number of H-pyrrole nitrogens is 1. The van der Waals surface area contributed by atoms with Crippen molar-refractivity contribution < 1.29 is 38.4 Å². The maximum absolute atomic E-state index is 14.6. The smallest absolute Gasteiger partial charge is 0.416 e. The third kappa shape index (κ3) is 8.96. The number of carbonyl (C=O) groups excluding carboxylic acids is 3. The number of methoxy groups -OCH3 is 1. The minimum absolute atomic E-state index is 0.0495. The first-order valence-corrected chi connectivity index (χ1v) is 17.7. The second kappa shape index (κ2) is 15.7. The van der Waals surface area contributed by atoms with Crippen LogP contribution in [0.3, 0.4) is 0 Å². The number of nitrogens with zero attached hydrogens (tertiary/aromatic N) is 4. The molecule has 0 saturated heterocycles. The van der Waals surface area contributed by atoms with Crippen LogP contribution in [-0.4, -0.2) is 77.5 Å². The van der Waals surface area contributed by atoms with Crippen LogP contribution < -0.4 is 4.74 Å². The zero-order valence-electron chi connectivity index (χ0n) is 32.7. The van der Waals surface area contributed by atoms with E-state index in [9.17, 15) is 14.4 Å². The number of esters is 2. The van der Waals surface area contributed by atoms with E-state index in [1.807, 2.05) is 24.3 Å². The highest BCUT2D eigenvalue weighted by molar-refractivity contribution is 6.05. The number of carbonyl (C=O) groups is 3. The predicted octanol–water partition coefficient (Wildman–Crippen LogP) is 8.01. The summed E-state index contributed by atoms with van der Waals surface area (Å²) < 4.78 is 18.4. The number of rotatable bonds is 10. The Morgan fingerprint density at radius 3 is 2.08 bits per heavy atom. The van der Waals surface area contributed by atoms with Crippen molar-refractivity contribution in [2.24, 2.45) is 28.6 Å². The Kier molecular flexibility index (Phi) is 12.2. The first kappa shape index (κ1) is 40.4. The van der Waals surface area contributed by atoms with Crippen LogP contribution in [-0.2, 0) is 29.5 Å². The van der Waals surface area contributed by atoms with Crippen LogP contribution >= 0.6 is 0 Å². The lowest BCUT2D eigenvalue weighted by Crippen LogP contribution is -2.49. The first-order valence-electron chi connectivity index (χ1n) is 17.7. The van der Waals surface area contributed by atoms with Crippen LogP contribution in [0.1, 0.15) is 98.0 Å². The number of fused-ring (bicyclic) bond motifs is 1. The van der Waals surface area contributed by atoms with Crippen LogP contribution in [0.5, 0.6) is 5.88 Å². The molecule has 1 aliphatic rings. The number of hydrogen-bond acceptors (Lipinski definition) is 9. The van der Waals surface area contributed by atoms with Gasteiger partial charge in [-0.15, -0.1) is 0 Å². The highest BCUT2D eigenvalue weighted by Crippen LogP contribution is 2.50. The Labute approximate surface area is 307 Å². The molecule has 0 aliphatic heterocycles. The molecule has 1 saturated carbocycles. The summed E-state index contributed by atoms with van der Waals surface area (Å²) in [6, 6.07) is 7.84. The molecule has 2 aromatic heterocycles. The zero-order valence-corrected chi connectivity index (χ0v) is 32.7. The van der Waals surface area contributed by atoms with E-state index in [0.29, 0.717) is 17.3 Å². The van der Waals surface area contributed by atoms with Gasteiger partial charge in [0, 0.05) is 17.4 Å². The van der Waals surface area contributed by atoms with Crippen LogP contribution in [0.2, 0.25) is 0 Å². The first-order chi connectivity index (χ1) is 24.2. The highest BCUT2D eigenvalue weighted by atomic mass is 17.2. The van der Waals surface area contributed by atoms with Gasteiger partial charge in [-0.05, 0) is 40.6 Å². The Hall–Kier alpha value is -4.41. The normalized spacial score (nSPS) is 19.6. The SMILES string of the molecule is [C-]#[N+]c1c(C(=O)OC2C(C(C)(C)C)CC(C)CC2C(C)(C)C)c2nc(-c3ccc(C(C)(C)C)cc3)[nH]n2c1OC(=O)N(CCOOC)CC(=O)OC. The molecule has 13 heteroatoms. The summed E-state index contributed by atoms with van der Waals surface area (Å²) in [6.07, 6.45) is 0.347. The summed E-state index contributed by atoms with van der Waals surface area (Å²) in [5.74, 6) is -0.779. The van der Waals surface area contributed by atoms with Crippen molar-refractivity contribution in [3.8, 4) is 17.3 Å². The molecule has 0 spiro atoms. The summed E-state index contributed by atoms with van der Waals surface area (Å²) in [7, 11) is 2.52. The van der Waals surface area contributed by atoms with Gasteiger partial charge in [-0.3, -0.25) is 14.8 Å². The molecule has 52 heavy (non-hydrogen) atoms. The van der Waals surface area contributed by atoms with Crippen molar-refractivity contribution in [3.63, 3.8) is 0 Å². The molecule has 0 radical (unpaired) electrons. The van der Waals surface area contributed by atoms with Crippen molar-refractivity contribution in [2.45, 2.75) is 93.6 Å². The molecule has 0 bridgehead atoms. The summed E-state index contributed by atoms with van der Waals surface area (Å²) in [5.41, 5.74) is 1.12. The maximum Gasteiger partial charge on any atom is 0.416 e. The average Bonchev–Trinajstić information content (AvgIpc) is 3.60. The number of aromatic amines is 1. The Bertz CT molecular complexity index is 1760. The molecule has 2 atom stereocenters. The molecule has 284 valence electrons. The summed E-state index contributed by atoms with van der Waals surface area (Å²) in [6.45, 7) is 29.1. The van der Waals surface area contributed by atoms with Crippen molar-refractivity contribution in [1.82, 2.24) is 19.5 Å². The molecule has 4 rings (SSSR count). The monoisotopic (exact) mass is 721 g/mol. The molecular weight excluding hydrogens is 666 g/mol. The van der Waals surface area contributed by atoms with Gasteiger partial charge in [-0.25, -0.2) is 33.7 Å². The minimum atomic E-state index is -0.984. The third-order valence-corrected chi connectivity index (χ3v) is 9.98. The zero-order chi connectivity index (χ0) is 38.8. The highest BCUT2D eigenvalue weighted by Gasteiger charge is 2.48. The summed E-state index contributed by atoms with van der Waals surface area (Å²) in [5, 5.41) is 3.14. The quantitative estimate of drug-likeness (QED) is 0.0725. The van der Waals surface area contributed by atoms with E-state index in [2.05, 4.69) is 84.1 Å². The summed E-state index contributed by atoms with van der Waals surface area (Å²) in [4.78, 5) is 59.5. The fourth-order valence-corrected chi connectivity index (χ4v) is 7.00. The van der Waals surface area contributed by atoms with Crippen LogP contribution in [0.15, 0.2) is 24.3 Å². The van der Waals surface area contributed by atoms with Crippen LogP contribution in [0, 0.1) is 35.2 Å². The van der Waals surface area contributed by atoms with Gasteiger partial charge in [0.1, 0.15) is 18.2 Å². The van der Waals surface area contributed by atoms with Crippen molar-refractivity contribution in [2.75, 3.05) is 33.9 Å². The van der Waals surface area contributed by atoms with E-state index in [4.69, 9.17) is 30.7 Å².